The van der Waals surface area contributed by atoms with Gasteiger partial charge in [-0.2, -0.15) is 5.10 Å². The largest absolute Gasteiger partial charge is 0.346 e. The van der Waals surface area contributed by atoms with Crippen LogP contribution in [0.15, 0.2) is 54.6 Å². The number of rotatable bonds is 4. The van der Waals surface area contributed by atoms with E-state index < -0.39 is 0 Å². The smallest absolute Gasteiger partial charge is 0.147 e. The number of imidazole rings is 1. The zero-order chi connectivity index (χ0) is 17.4. The van der Waals surface area contributed by atoms with Crippen LogP contribution in [0, 0.1) is 6.92 Å². The molecule has 25 heavy (non-hydrogen) atoms. The zero-order valence-corrected chi connectivity index (χ0v) is 15.2. The van der Waals surface area contributed by atoms with Crippen molar-refractivity contribution in [3.63, 3.8) is 0 Å². The van der Waals surface area contributed by atoms with Crippen LogP contribution >= 0.6 is 12.2 Å². The molecule has 0 bridgehead atoms. The van der Waals surface area contributed by atoms with E-state index in [1.165, 1.54) is 5.52 Å². The van der Waals surface area contributed by atoms with Crippen molar-refractivity contribution in [3.8, 4) is 0 Å². The lowest BCUT2D eigenvalue weighted by Gasteiger charge is -2.10. The number of nitrogens with zero attached hydrogens (tertiary/aromatic N) is 3. The van der Waals surface area contributed by atoms with Gasteiger partial charge in [0.05, 0.1) is 22.3 Å². The molecule has 0 amide bonds. The molecule has 0 spiro atoms. The van der Waals surface area contributed by atoms with E-state index in [1.54, 1.807) is 0 Å². The molecule has 0 atom stereocenters. The summed E-state index contributed by atoms with van der Waals surface area (Å²) in [7, 11) is 0. The molecule has 0 saturated heterocycles. The normalized spacial score (nSPS) is 11.3. The molecule has 4 aromatic rings. The van der Waals surface area contributed by atoms with Gasteiger partial charge in [0.25, 0.3) is 0 Å². The predicted molar refractivity (Wildman–Crippen MR) is 107 cm³/mol. The molecule has 4 nitrogen and oxygen atoms in total. The summed E-state index contributed by atoms with van der Waals surface area (Å²) in [6.07, 6.45) is 1.05. The van der Waals surface area contributed by atoms with Crippen molar-refractivity contribution in [2.45, 2.75) is 26.8 Å². The minimum Gasteiger partial charge on any atom is -0.346 e. The average Bonchev–Trinajstić information content (AvgIpc) is 3.11. The third kappa shape index (κ3) is 2.61. The first-order valence-electron chi connectivity index (χ1n) is 8.53. The highest BCUT2D eigenvalue weighted by Crippen LogP contribution is 2.26. The molecule has 2 aromatic carbocycles. The van der Waals surface area contributed by atoms with Crippen LogP contribution in [-0.4, -0.2) is 19.2 Å². The quantitative estimate of drug-likeness (QED) is 0.538. The van der Waals surface area contributed by atoms with Gasteiger partial charge in [0.2, 0.25) is 0 Å². The highest BCUT2D eigenvalue weighted by atomic mass is 32.1. The van der Waals surface area contributed by atoms with Crippen LogP contribution in [0.1, 0.15) is 24.6 Å². The van der Waals surface area contributed by atoms with Crippen molar-refractivity contribution < 1.29 is 0 Å². The Hall–Kier alpha value is -2.66. The van der Waals surface area contributed by atoms with Gasteiger partial charge in [-0.3, -0.25) is 0 Å². The number of hydrogen-bond acceptors (Lipinski definition) is 2. The van der Waals surface area contributed by atoms with E-state index in [4.69, 9.17) is 17.3 Å². The topological polar surface area (TPSA) is 34.3 Å². The number of nitrogens with one attached hydrogen (secondary N) is 1. The molecule has 5 heteroatoms. The van der Waals surface area contributed by atoms with Gasteiger partial charge in [0, 0.05) is 12.2 Å². The van der Waals surface area contributed by atoms with Crippen molar-refractivity contribution >= 4 is 39.6 Å². The Morgan fingerprint density at radius 3 is 2.44 bits per heavy atom. The van der Waals surface area contributed by atoms with Crippen molar-refractivity contribution in [3.05, 3.63) is 65.9 Å². The van der Waals surface area contributed by atoms with Crippen LogP contribution in [0.4, 0.5) is 5.69 Å². The predicted octanol–water partition coefficient (Wildman–Crippen LogP) is 4.80. The lowest BCUT2D eigenvalue weighted by atomic mass is 10.2. The van der Waals surface area contributed by atoms with E-state index in [9.17, 15) is 0 Å². The lowest BCUT2D eigenvalue weighted by Crippen LogP contribution is -2.13. The lowest BCUT2D eigenvalue weighted by molar-refractivity contribution is 0.716. The van der Waals surface area contributed by atoms with E-state index in [1.807, 2.05) is 41.8 Å². The van der Waals surface area contributed by atoms with Crippen molar-refractivity contribution in [1.29, 1.82) is 0 Å². The van der Waals surface area contributed by atoms with Crippen LogP contribution in [0.3, 0.4) is 0 Å². The summed E-state index contributed by atoms with van der Waals surface area (Å²) in [5.74, 6) is 0. The third-order valence-electron chi connectivity index (χ3n) is 4.40. The van der Waals surface area contributed by atoms with Gasteiger partial charge in [-0.25, -0.2) is 4.52 Å². The van der Waals surface area contributed by atoms with Gasteiger partial charge in [-0.15, -0.1) is 0 Å². The van der Waals surface area contributed by atoms with E-state index in [0.29, 0.717) is 4.99 Å². The fourth-order valence-corrected chi connectivity index (χ4v) is 3.71. The fourth-order valence-electron chi connectivity index (χ4n) is 3.35. The maximum Gasteiger partial charge on any atom is 0.147 e. The molecular weight excluding hydrogens is 328 g/mol. The maximum absolute atomic E-state index is 5.74. The standard InChI is InChI=1S/C20H20N4S/c1-3-13-23-16-11-7-8-12-17(16)24-20(23)18(14(2)22-24)19(25)21-15-9-5-4-6-10-15/h4-12H,3,13H2,1-2H3,(H,21,25). The second-order valence-corrected chi connectivity index (χ2v) is 6.56. The summed E-state index contributed by atoms with van der Waals surface area (Å²) >= 11 is 5.74. The SMILES string of the molecule is CCCn1c2ccccc2n2nc(C)c(C(=S)Nc3ccccc3)c12. The Balaban J connectivity index is 1.91. The van der Waals surface area contributed by atoms with Crippen molar-refractivity contribution in [1.82, 2.24) is 14.2 Å². The minimum atomic E-state index is 0.707. The number of aryl methyl sites for hydroxylation is 2. The molecule has 0 aliphatic carbocycles. The zero-order valence-electron chi connectivity index (χ0n) is 14.4. The van der Waals surface area contributed by atoms with Gasteiger partial charge >= 0.3 is 0 Å². The summed E-state index contributed by atoms with van der Waals surface area (Å²) in [4.78, 5) is 0.707. The molecule has 0 aliphatic heterocycles. The summed E-state index contributed by atoms with van der Waals surface area (Å²) in [6.45, 7) is 5.14. The Bertz CT molecular complexity index is 1060. The number of anilines is 1. The number of benzene rings is 2. The van der Waals surface area contributed by atoms with E-state index in [-0.39, 0.29) is 0 Å². The van der Waals surface area contributed by atoms with Crippen molar-refractivity contribution in [2.24, 2.45) is 0 Å². The highest BCUT2D eigenvalue weighted by Gasteiger charge is 2.21. The summed E-state index contributed by atoms with van der Waals surface area (Å²) in [5, 5.41) is 8.13. The molecule has 0 unspecified atom stereocenters. The molecule has 2 aromatic heterocycles. The third-order valence-corrected chi connectivity index (χ3v) is 4.70. The first kappa shape index (κ1) is 15.8. The molecule has 4 rings (SSSR count). The Kier molecular flexibility index (Phi) is 4.01. The Labute approximate surface area is 152 Å². The van der Waals surface area contributed by atoms with Crippen LogP contribution in [0.2, 0.25) is 0 Å². The van der Waals surface area contributed by atoms with Gasteiger partial charge in [0.1, 0.15) is 10.6 Å². The Morgan fingerprint density at radius 1 is 1.04 bits per heavy atom. The van der Waals surface area contributed by atoms with Crippen LogP contribution in [-0.2, 0) is 6.54 Å². The second-order valence-electron chi connectivity index (χ2n) is 6.16. The fraction of sp³-hybridized carbons (Fsp3) is 0.200. The average molecular weight is 348 g/mol. The maximum atomic E-state index is 5.74. The summed E-state index contributed by atoms with van der Waals surface area (Å²) in [5.41, 5.74) is 6.30. The molecular formula is C20H20N4S. The molecule has 126 valence electrons. The van der Waals surface area contributed by atoms with E-state index >= 15 is 0 Å². The minimum absolute atomic E-state index is 0.707. The highest BCUT2D eigenvalue weighted by molar-refractivity contribution is 7.81. The van der Waals surface area contributed by atoms with Gasteiger partial charge in [-0.1, -0.05) is 49.5 Å². The van der Waals surface area contributed by atoms with Gasteiger partial charge in [-0.05, 0) is 37.6 Å². The Morgan fingerprint density at radius 2 is 1.72 bits per heavy atom. The molecule has 0 fully saturated rings. The molecule has 2 heterocycles. The van der Waals surface area contributed by atoms with Crippen LogP contribution in [0.5, 0.6) is 0 Å². The first-order valence-corrected chi connectivity index (χ1v) is 8.94. The van der Waals surface area contributed by atoms with Crippen molar-refractivity contribution in [2.75, 3.05) is 5.32 Å². The number of para-hydroxylation sites is 3. The van der Waals surface area contributed by atoms with E-state index in [0.717, 1.165) is 41.1 Å². The second kappa shape index (κ2) is 6.33. The number of thiocarbonyl (C=S) groups is 1. The number of hydrogen-bond donors (Lipinski definition) is 1. The number of fused-ring (bicyclic) bond motifs is 3. The molecule has 0 radical (unpaired) electrons. The molecule has 1 N–H and O–H groups in total. The van der Waals surface area contributed by atoms with Gasteiger partial charge < -0.3 is 9.88 Å². The first-order chi connectivity index (χ1) is 12.2. The molecule has 0 saturated carbocycles. The summed E-state index contributed by atoms with van der Waals surface area (Å²) < 4.78 is 4.35. The summed E-state index contributed by atoms with van der Waals surface area (Å²) in [6, 6.07) is 18.4. The van der Waals surface area contributed by atoms with Crippen LogP contribution < -0.4 is 5.32 Å². The van der Waals surface area contributed by atoms with Gasteiger partial charge in [0.15, 0.2) is 0 Å². The molecule has 0 aliphatic rings. The monoisotopic (exact) mass is 348 g/mol. The van der Waals surface area contributed by atoms with Crippen LogP contribution in [0.25, 0.3) is 16.7 Å². The van der Waals surface area contributed by atoms with E-state index in [2.05, 4.69) is 41.1 Å². The number of aromatic nitrogens is 3.